The van der Waals surface area contributed by atoms with E-state index < -0.39 is 16.1 Å². The summed E-state index contributed by atoms with van der Waals surface area (Å²) in [5.41, 5.74) is 1.63. The van der Waals surface area contributed by atoms with Crippen molar-refractivity contribution >= 4 is 37.5 Å². The van der Waals surface area contributed by atoms with Gasteiger partial charge in [-0.3, -0.25) is 9.89 Å². The van der Waals surface area contributed by atoms with E-state index in [2.05, 4.69) is 15.2 Å². The first-order valence-corrected chi connectivity index (χ1v) is 11.7. The highest BCUT2D eigenvalue weighted by molar-refractivity contribution is 7.89. The summed E-state index contributed by atoms with van der Waals surface area (Å²) in [7, 11) is -0.380. The van der Waals surface area contributed by atoms with E-state index in [4.69, 9.17) is 4.74 Å². The molecule has 1 saturated heterocycles. The number of hydrogen-bond acceptors (Lipinski definition) is 7. The smallest absolute Gasteiger partial charge is 0.263 e. The summed E-state index contributed by atoms with van der Waals surface area (Å²) in [6.45, 7) is 3.94. The van der Waals surface area contributed by atoms with Gasteiger partial charge in [0, 0.05) is 44.3 Å². The van der Waals surface area contributed by atoms with Crippen molar-refractivity contribution < 1.29 is 17.9 Å². The number of amides is 1. The number of nitrogens with one attached hydrogen (secondary N) is 1. The van der Waals surface area contributed by atoms with Crippen LogP contribution in [-0.4, -0.2) is 72.5 Å². The molecule has 4 heterocycles. The number of rotatable bonds is 4. The van der Waals surface area contributed by atoms with Gasteiger partial charge in [0.2, 0.25) is 10.0 Å². The lowest BCUT2D eigenvalue weighted by atomic mass is 10.0. The van der Waals surface area contributed by atoms with Crippen LogP contribution in [0.4, 0.5) is 0 Å². The van der Waals surface area contributed by atoms with E-state index in [-0.39, 0.29) is 30.5 Å². The number of nitrogens with zero attached hydrogens (tertiary/aromatic N) is 4. The fourth-order valence-corrected chi connectivity index (χ4v) is 6.67. The molecule has 30 heavy (non-hydrogen) atoms. The summed E-state index contributed by atoms with van der Waals surface area (Å²) < 4.78 is 34.0. The Morgan fingerprint density at radius 3 is 2.80 bits per heavy atom. The lowest BCUT2D eigenvalue weighted by molar-refractivity contribution is -0.00205. The largest absolute Gasteiger partial charge is 0.371 e. The van der Waals surface area contributed by atoms with Gasteiger partial charge in [-0.2, -0.15) is 9.40 Å². The van der Waals surface area contributed by atoms with Gasteiger partial charge in [0.1, 0.15) is 14.6 Å². The number of H-pyrrole nitrogens is 1. The minimum absolute atomic E-state index is 0.112. The molecular weight excluding hydrogens is 426 g/mol. The number of morpholine rings is 1. The summed E-state index contributed by atoms with van der Waals surface area (Å²) in [6.07, 6.45) is 1.10. The van der Waals surface area contributed by atoms with Gasteiger partial charge < -0.3 is 9.64 Å². The molecule has 1 amide bonds. The lowest BCUT2D eigenvalue weighted by Crippen LogP contribution is -2.42. The summed E-state index contributed by atoms with van der Waals surface area (Å²) in [6, 6.07) is 3.69. The number of thiophene rings is 1. The summed E-state index contributed by atoms with van der Waals surface area (Å²) in [4.78, 5) is 20.2. The maximum absolute atomic E-state index is 13.3. The Morgan fingerprint density at radius 1 is 1.37 bits per heavy atom. The van der Waals surface area contributed by atoms with Crippen LogP contribution < -0.4 is 0 Å². The predicted octanol–water partition coefficient (Wildman–Crippen LogP) is 2.10. The van der Waals surface area contributed by atoms with Crippen molar-refractivity contribution in [3.05, 3.63) is 40.2 Å². The first-order valence-electron chi connectivity index (χ1n) is 9.44. The maximum atomic E-state index is 13.3. The molecule has 3 aromatic rings. The highest BCUT2D eigenvalue weighted by atomic mass is 32.2. The third-order valence-electron chi connectivity index (χ3n) is 5.11. The summed E-state index contributed by atoms with van der Waals surface area (Å²) >= 11 is 1.30. The fraction of sp³-hybridized carbons (Fsp3) is 0.421. The van der Waals surface area contributed by atoms with Crippen LogP contribution in [0.15, 0.2) is 23.2 Å². The average Bonchev–Trinajstić information content (AvgIpc) is 3.27. The predicted molar refractivity (Wildman–Crippen MR) is 113 cm³/mol. The normalized spacial score (nSPS) is 18.1. The number of pyridine rings is 1. The Labute approximate surface area is 178 Å². The van der Waals surface area contributed by atoms with E-state index in [1.807, 2.05) is 6.07 Å². The third kappa shape index (κ3) is 3.41. The third-order valence-corrected chi connectivity index (χ3v) is 8.36. The highest BCUT2D eigenvalue weighted by Gasteiger charge is 2.37. The minimum Gasteiger partial charge on any atom is -0.371 e. The van der Waals surface area contributed by atoms with Crippen molar-refractivity contribution in [3.8, 4) is 0 Å². The SMILES string of the molecule is Cc1n[nH]c(C)c1S(=O)(=O)N1CCO[C@H](c2c(C(=O)N(C)C)sc3ncccc23)C1. The molecule has 1 N–H and O–H groups in total. The molecule has 160 valence electrons. The van der Waals surface area contributed by atoms with E-state index in [0.29, 0.717) is 21.8 Å². The molecule has 0 bridgehead atoms. The zero-order chi connectivity index (χ0) is 21.6. The molecule has 0 aliphatic carbocycles. The number of hydrogen-bond donors (Lipinski definition) is 1. The Kier molecular flexibility index (Phi) is 5.39. The van der Waals surface area contributed by atoms with E-state index in [1.165, 1.54) is 20.5 Å². The van der Waals surface area contributed by atoms with Gasteiger partial charge in [0.05, 0.1) is 24.1 Å². The number of aromatic nitrogens is 3. The van der Waals surface area contributed by atoms with Gasteiger partial charge in [-0.05, 0) is 19.9 Å². The average molecular weight is 450 g/mol. The number of ether oxygens (including phenoxy) is 1. The van der Waals surface area contributed by atoms with Crippen molar-refractivity contribution in [1.82, 2.24) is 24.4 Å². The van der Waals surface area contributed by atoms with Crippen LogP contribution in [0.25, 0.3) is 10.2 Å². The molecule has 9 nitrogen and oxygen atoms in total. The Morgan fingerprint density at radius 2 is 2.13 bits per heavy atom. The lowest BCUT2D eigenvalue weighted by Gasteiger charge is -2.32. The Bertz CT molecular complexity index is 1200. The second-order valence-corrected chi connectivity index (χ2v) is 10.3. The van der Waals surface area contributed by atoms with Crippen molar-refractivity contribution in [1.29, 1.82) is 0 Å². The van der Waals surface area contributed by atoms with Gasteiger partial charge in [-0.25, -0.2) is 13.4 Å². The number of carbonyl (C=O) groups excluding carboxylic acids is 1. The zero-order valence-electron chi connectivity index (χ0n) is 17.2. The van der Waals surface area contributed by atoms with Gasteiger partial charge in [-0.1, -0.05) is 6.07 Å². The highest BCUT2D eigenvalue weighted by Crippen LogP contribution is 2.38. The molecule has 0 saturated carbocycles. The van der Waals surface area contributed by atoms with Crippen LogP contribution in [0.3, 0.4) is 0 Å². The van der Waals surface area contributed by atoms with E-state index in [9.17, 15) is 13.2 Å². The van der Waals surface area contributed by atoms with Gasteiger partial charge in [-0.15, -0.1) is 11.3 Å². The molecule has 1 fully saturated rings. The van der Waals surface area contributed by atoms with Crippen molar-refractivity contribution in [2.24, 2.45) is 0 Å². The number of sulfonamides is 1. The van der Waals surface area contributed by atoms with Gasteiger partial charge >= 0.3 is 0 Å². The Hall–Kier alpha value is -2.34. The standard InChI is InChI=1S/C19H23N5O4S2/c1-11-17(12(2)22-21-11)30(26,27)24-8-9-28-14(10-24)15-13-6-5-7-20-18(13)29-16(15)19(25)23(3)4/h5-7,14H,8-10H2,1-4H3,(H,21,22)/t14-/m0/s1. The molecule has 1 atom stereocenters. The number of aromatic amines is 1. The van der Waals surface area contributed by atoms with E-state index in [1.54, 1.807) is 40.2 Å². The molecule has 0 radical (unpaired) electrons. The molecule has 1 aliphatic rings. The quantitative estimate of drug-likeness (QED) is 0.653. The first-order chi connectivity index (χ1) is 14.2. The maximum Gasteiger partial charge on any atom is 0.263 e. The van der Waals surface area contributed by atoms with Crippen molar-refractivity contribution in [3.63, 3.8) is 0 Å². The molecule has 0 spiro atoms. The molecule has 4 rings (SSSR count). The minimum atomic E-state index is -3.75. The van der Waals surface area contributed by atoms with Crippen molar-refractivity contribution in [2.75, 3.05) is 33.8 Å². The van der Waals surface area contributed by atoms with Crippen LogP contribution in [0.1, 0.15) is 32.7 Å². The fourth-order valence-electron chi connectivity index (χ4n) is 3.70. The van der Waals surface area contributed by atoms with Crippen LogP contribution in [0.5, 0.6) is 0 Å². The molecular formula is C19H23N5O4S2. The summed E-state index contributed by atoms with van der Waals surface area (Å²) in [5, 5.41) is 7.58. The Balaban J connectivity index is 1.76. The second kappa shape index (κ2) is 7.73. The van der Waals surface area contributed by atoms with E-state index >= 15 is 0 Å². The second-order valence-electron chi connectivity index (χ2n) is 7.39. The monoisotopic (exact) mass is 449 g/mol. The number of carbonyl (C=O) groups is 1. The van der Waals surface area contributed by atoms with Gasteiger partial charge in [0.15, 0.2) is 0 Å². The van der Waals surface area contributed by atoms with Gasteiger partial charge in [0.25, 0.3) is 5.91 Å². The van der Waals surface area contributed by atoms with Crippen LogP contribution in [-0.2, 0) is 14.8 Å². The zero-order valence-corrected chi connectivity index (χ0v) is 18.8. The van der Waals surface area contributed by atoms with Crippen LogP contribution >= 0.6 is 11.3 Å². The molecule has 0 aromatic carbocycles. The topological polar surface area (TPSA) is 108 Å². The summed E-state index contributed by atoms with van der Waals surface area (Å²) in [5.74, 6) is -0.155. The molecule has 0 unspecified atom stereocenters. The van der Waals surface area contributed by atoms with Crippen LogP contribution in [0.2, 0.25) is 0 Å². The number of fused-ring (bicyclic) bond motifs is 1. The van der Waals surface area contributed by atoms with Crippen molar-refractivity contribution in [2.45, 2.75) is 24.8 Å². The van der Waals surface area contributed by atoms with E-state index in [0.717, 1.165) is 10.2 Å². The number of aryl methyl sites for hydroxylation is 2. The first kappa shape index (κ1) is 20.9. The van der Waals surface area contributed by atoms with Crippen LogP contribution in [0, 0.1) is 13.8 Å². The molecule has 1 aliphatic heterocycles. The molecule has 11 heteroatoms. The molecule has 3 aromatic heterocycles.